The van der Waals surface area contributed by atoms with Gasteiger partial charge in [-0.25, -0.2) is 18.1 Å². The first kappa shape index (κ1) is 19.4. The molecule has 10 heteroatoms. The fourth-order valence-corrected chi connectivity index (χ4v) is 5.73. The van der Waals surface area contributed by atoms with E-state index in [0.29, 0.717) is 6.42 Å². The van der Waals surface area contributed by atoms with Gasteiger partial charge in [0.1, 0.15) is 5.65 Å². The number of aromatic amines is 1. The van der Waals surface area contributed by atoms with Crippen molar-refractivity contribution in [2.45, 2.75) is 45.1 Å². The average Bonchev–Trinajstić information content (AvgIpc) is 3.13. The predicted octanol–water partition coefficient (Wildman–Crippen LogP) is 0.788. The Hall–Kier alpha value is -1.91. The van der Waals surface area contributed by atoms with Gasteiger partial charge in [0.15, 0.2) is 0 Å². The summed E-state index contributed by atoms with van der Waals surface area (Å²) < 4.78 is 27.0. The molecule has 3 N–H and O–H groups in total. The Bertz CT molecular complexity index is 998. The van der Waals surface area contributed by atoms with Crippen molar-refractivity contribution in [1.82, 2.24) is 19.6 Å². The molecule has 2 aromatic heterocycles. The first-order chi connectivity index (χ1) is 13.4. The van der Waals surface area contributed by atoms with E-state index in [0.717, 1.165) is 53.5 Å². The highest BCUT2D eigenvalue weighted by Gasteiger charge is 2.37. The lowest BCUT2D eigenvalue weighted by molar-refractivity contribution is 0.364. The van der Waals surface area contributed by atoms with Crippen LogP contribution in [-0.4, -0.2) is 59.9 Å². The molecule has 28 heavy (non-hydrogen) atoms. The molecule has 150 valence electrons. The van der Waals surface area contributed by atoms with E-state index < -0.39 is 17.1 Å². The minimum Gasteiger partial charge on any atom is -0.428 e. The summed E-state index contributed by atoms with van der Waals surface area (Å²) in [7, 11) is -2.25. The number of nitrogens with one attached hydrogen (secondary N) is 2. The molecular weight excluding hydrogens is 377 g/mol. The van der Waals surface area contributed by atoms with Gasteiger partial charge in [0.05, 0.1) is 11.5 Å². The SMILES string of the molecule is CCCS(=O)(=O)NC1CCC(C2=NN(C)B(O)c3cnc4[nH]ccc4c32)CC1. The lowest BCUT2D eigenvalue weighted by Gasteiger charge is -2.34. The van der Waals surface area contributed by atoms with Gasteiger partial charge in [-0.05, 0) is 38.2 Å². The van der Waals surface area contributed by atoms with Crippen LogP contribution in [0.15, 0.2) is 23.6 Å². The van der Waals surface area contributed by atoms with E-state index in [-0.39, 0.29) is 17.7 Å². The van der Waals surface area contributed by atoms with Gasteiger partial charge in [-0.2, -0.15) is 5.10 Å². The van der Waals surface area contributed by atoms with Gasteiger partial charge in [-0.3, -0.25) is 0 Å². The quantitative estimate of drug-likeness (QED) is 0.640. The first-order valence-electron chi connectivity index (χ1n) is 9.85. The van der Waals surface area contributed by atoms with Gasteiger partial charge >= 0.3 is 7.05 Å². The number of hydrogen-bond donors (Lipinski definition) is 3. The lowest BCUT2D eigenvalue weighted by Crippen LogP contribution is -2.51. The average molecular weight is 403 g/mol. The van der Waals surface area contributed by atoms with Gasteiger partial charge in [0.2, 0.25) is 10.0 Å². The summed E-state index contributed by atoms with van der Waals surface area (Å²) in [6.45, 7) is 1.87. The van der Waals surface area contributed by atoms with E-state index in [1.165, 1.54) is 0 Å². The molecule has 1 fully saturated rings. The van der Waals surface area contributed by atoms with Crippen molar-refractivity contribution in [3.63, 3.8) is 0 Å². The Morgan fingerprint density at radius 3 is 2.82 bits per heavy atom. The van der Waals surface area contributed by atoms with Crippen LogP contribution in [0.5, 0.6) is 0 Å². The van der Waals surface area contributed by atoms with Crippen LogP contribution in [0.2, 0.25) is 0 Å². The Morgan fingerprint density at radius 2 is 2.11 bits per heavy atom. The molecule has 2 aliphatic rings. The molecule has 8 nitrogen and oxygen atoms in total. The van der Waals surface area contributed by atoms with Gasteiger partial charge in [-0.15, -0.1) is 0 Å². The summed E-state index contributed by atoms with van der Waals surface area (Å²) in [5, 5.41) is 16.2. The molecule has 0 amide bonds. The van der Waals surface area contributed by atoms with Crippen LogP contribution in [0.1, 0.15) is 44.6 Å². The number of rotatable bonds is 5. The van der Waals surface area contributed by atoms with E-state index in [9.17, 15) is 13.4 Å². The summed E-state index contributed by atoms with van der Waals surface area (Å²) in [6, 6.07) is 1.96. The van der Waals surface area contributed by atoms with Crippen LogP contribution >= 0.6 is 0 Å². The summed E-state index contributed by atoms with van der Waals surface area (Å²) >= 11 is 0. The Kier molecular flexibility index (Phi) is 5.20. The highest BCUT2D eigenvalue weighted by Crippen LogP contribution is 2.31. The second kappa shape index (κ2) is 7.49. The second-order valence-corrected chi connectivity index (χ2v) is 9.62. The largest absolute Gasteiger partial charge is 0.468 e. The molecule has 0 radical (unpaired) electrons. The Labute approximate surface area is 165 Å². The maximum atomic E-state index is 12.1. The van der Waals surface area contributed by atoms with Crippen molar-refractivity contribution < 1.29 is 13.4 Å². The third-order valence-corrected chi connectivity index (χ3v) is 7.34. The Balaban J connectivity index is 1.58. The summed E-state index contributed by atoms with van der Waals surface area (Å²) in [4.78, 5) is 9.12. The molecule has 4 rings (SSSR count). The number of hydrazone groups is 1. The third-order valence-electron chi connectivity index (χ3n) is 5.70. The first-order valence-corrected chi connectivity index (χ1v) is 11.5. The van der Waals surface area contributed by atoms with E-state index >= 15 is 0 Å². The van der Waals surface area contributed by atoms with Gasteiger partial charge in [0, 0.05) is 47.8 Å². The Morgan fingerprint density at radius 1 is 1.36 bits per heavy atom. The molecule has 0 spiro atoms. The number of fused-ring (bicyclic) bond motifs is 3. The number of hydrogen-bond acceptors (Lipinski definition) is 6. The summed E-state index contributed by atoms with van der Waals surface area (Å²) in [5.41, 5.74) is 3.48. The molecule has 0 atom stereocenters. The van der Waals surface area contributed by atoms with Crippen molar-refractivity contribution in [2.24, 2.45) is 11.0 Å². The van der Waals surface area contributed by atoms with Gasteiger partial charge < -0.3 is 14.9 Å². The molecule has 2 aromatic rings. The molecule has 1 aliphatic heterocycles. The summed E-state index contributed by atoms with van der Waals surface area (Å²) in [6.07, 6.45) is 7.47. The minimum absolute atomic E-state index is 0.00972. The third kappa shape index (κ3) is 3.56. The zero-order valence-corrected chi connectivity index (χ0v) is 17.0. The maximum absolute atomic E-state index is 12.1. The number of pyridine rings is 1. The smallest absolute Gasteiger partial charge is 0.428 e. The van der Waals surface area contributed by atoms with E-state index in [4.69, 9.17) is 5.10 Å². The lowest BCUT2D eigenvalue weighted by atomic mass is 9.67. The number of nitrogens with zero attached hydrogens (tertiary/aromatic N) is 3. The highest BCUT2D eigenvalue weighted by molar-refractivity contribution is 7.89. The molecule has 0 unspecified atom stereocenters. The van der Waals surface area contributed by atoms with Crippen LogP contribution in [0.4, 0.5) is 0 Å². The van der Waals surface area contributed by atoms with Crippen molar-refractivity contribution in [1.29, 1.82) is 0 Å². The van der Waals surface area contributed by atoms with Gasteiger partial charge in [-0.1, -0.05) is 6.92 Å². The molecule has 3 heterocycles. The molecular formula is C18H26BN5O3S. The van der Waals surface area contributed by atoms with Crippen LogP contribution in [0.3, 0.4) is 0 Å². The fraction of sp³-hybridized carbons (Fsp3) is 0.556. The minimum atomic E-state index is -3.19. The highest BCUT2D eigenvalue weighted by atomic mass is 32.2. The van der Waals surface area contributed by atoms with E-state index in [1.54, 1.807) is 18.2 Å². The monoisotopic (exact) mass is 403 g/mol. The van der Waals surface area contributed by atoms with Crippen LogP contribution in [-0.2, 0) is 10.0 Å². The van der Waals surface area contributed by atoms with Crippen molar-refractivity contribution >= 4 is 39.3 Å². The molecule has 0 bridgehead atoms. The standard InChI is InChI=1S/C18H26BN5O3S/c1-3-10-28(26,27)23-13-6-4-12(5-7-13)17-16-14-8-9-20-18(14)21-11-15(16)19(25)24(2)22-17/h8-9,11-13,23,25H,3-7,10H2,1-2H3,(H,20,21). The normalized spacial score (nSPS) is 23.0. The van der Waals surface area contributed by atoms with E-state index in [1.807, 2.05) is 19.2 Å². The molecule has 1 saturated carbocycles. The van der Waals surface area contributed by atoms with Crippen LogP contribution in [0.25, 0.3) is 11.0 Å². The zero-order chi connectivity index (χ0) is 19.9. The van der Waals surface area contributed by atoms with Crippen LogP contribution in [0, 0.1) is 5.92 Å². The van der Waals surface area contributed by atoms with Crippen molar-refractivity contribution in [3.05, 3.63) is 24.0 Å². The van der Waals surface area contributed by atoms with E-state index in [2.05, 4.69) is 14.7 Å². The van der Waals surface area contributed by atoms with Crippen molar-refractivity contribution in [3.8, 4) is 0 Å². The predicted molar refractivity (Wildman–Crippen MR) is 111 cm³/mol. The number of sulfonamides is 1. The molecule has 0 saturated heterocycles. The van der Waals surface area contributed by atoms with Crippen LogP contribution < -0.4 is 10.2 Å². The fourth-order valence-electron chi connectivity index (χ4n) is 4.33. The van der Waals surface area contributed by atoms with Crippen molar-refractivity contribution in [2.75, 3.05) is 12.8 Å². The number of aromatic nitrogens is 2. The zero-order valence-electron chi connectivity index (χ0n) is 16.2. The molecule has 0 aromatic carbocycles. The number of H-pyrrole nitrogens is 1. The summed E-state index contributed by atoms with van der Waals surface area (Å²) in [5.74, 6) is 0.398. The molecule has 1 aliphatic carbocycles. The maximum Gasteiger partial charge on any atom is 0.468 e. The topological polar surface area (TPSA) is 111 Å². The second-order valence-electron chi connectivity index (χ2n) is 7.75. The van der Waals surface area contributed by atoms with Gasteiger partial charge in [0.25, 0.3) is 0 Å².